The lowest BCUT2D eigenvalue weighted by Crippen LogP contribution is -2.16. The van der Waals surface area contributed by atoms with E-state index in [0.717, 1.165) is 0 Å². The van der Waals surface area contributed by atoms with Crippen LogP contribution in [0.15, 0.2) is 48.5 Å². The van der Waals surface area contributed by atoms with Gasteiger partial charge in [-0.2, -0.15) is 0 Å². The third-order valence-corrected chi connectivity index (χ3v) is 3.40. The van der Waals surface area contributed by atoms with Gasteiger partial charge in [-0.05, 0) is 17.7 Å². The van der Waals surface area contributed by atoms with Crippen molar-refractivity contribution in [3.63, 3.8) is 0 Å². The highest BCUT2D eigenvalue weighted by Crippen LogP contribution is 2.36. The second kappa shape index (κ2) is 4.34. The Hall–Kier alpha value is -1.61. The average Bonchev–Trinajstić information content (AvgIpc) is 2.28. The molecule has 2 aromatic rings. The molecule has 0 fully saturated rings. The minimum absolute atomic E-state index is 0.0339. The van der Waals surface area contributed by atoms with E-state index in [-0.39, 0.29) is 16.6 Å². The molecule has 2 N–H and O–H groups in total. The van der Waals surface area contributed by atoms with Crippen molar-refractivity contribution >= 4 is 12.9 Å². The molecule has 0 aliphatic rings. The SMILES string of the molecule is O=P([O-])(O)c1ccccc1-c1ccccc1O. The van der Waals surface area contributed by atoms with E-state index in [0.29, 0.717) is 5.56 Å². The van der Waals surface area contributed by atoms with Gasteiger partial charge < -0.3 is 19.5 Å². The molecule has 0 saturated heterocycles. The van der Waals surface area contributed by atoms with Crippen molar-refractivity contribution in [3.05, 3.63) is 48.5 Å². The summed E-state index contributed by atoms with van der Waals surface area (Å²) >= 11 is 0. The lowest BCUT2D eigenvalue weighted by atomic mass is 10.0. The van der Waals surface area contributed by atoms with Crippen LogP contribution in [0.5, 0.6) is 5.75 Å². The highest BCUT2D eigenvalue weighted by Gasteiger charge is 2.15. The van der Waals surface area contributed by atoms with Crippen LogP contribution in [-0.4, -0.2) is 10.00 Å². The summed E-state index contributed by atoms with van der Waals surface area (Å²) in [4.78, 5) is 20.4. The normalized spacial score (nSPS) is 14.2. The van der Waals surface area contributed by atoms with Crippen LogP contribution < -0.4 is 10.2 Å². The number of para-hydroxylation sites is 1. The van der Waals surface area contributed by atoms with Crippen molar-refractivity contribution in [1.29, 1.82) is 0 Å². The Morgan fingerprint density at radius 3 is 2.06 bits per heavy atom. The second-order valence-corrected chi connectivity index (χ2v) is 5.08. The number of aromatic hydroxyl groups is 1. The number of phenolic OH excluding ortho intramolecular Hbond substituents is 1. The predicted molar refractivity (Wildman–Crippen MR) is 63.0 cm³/mol. The van der Waals surface area contributed by atoms with Crippen molar-refractivity contribution in [3.8, 4) is 16.9 Å². The molecule has 88 valence electrons. The van der Waals surface area contributed by atoms with E-state index in [1.165, 1.54) is 24.3 Å². The zero-order valence-electron chi connectivity index (χ0n) is 8.78. The third-order valence-electron chi connectivity index (χ3n) is 2.40. The highest BCUT2D eigenvalue weighted by atomic mass is 31.2. The van der Waals surface area contributed by atoms with Crippen LogP contribution in [0.3, 0.4) is 0 Å². The Bertz CT molecular complexity index is 589. The summed E-state index contributed by atoms with van der Waals surface area (Å²) in [6.45, 7) is 0. The molecule has 0 aliphatic heterocycles. The number of rotatable bonds is 2. The first-order valence-corrected chi connectivity index (χ1v) is 6.49. The molecule has 2 rings (SSSR count). The lowest BCUT2D eigenvalue weighted by molar-refractivity contribution is -0.188. The van der Waals surface area contributed by atoms with Crippen molar-refractivity contribution < 1.29 is 19.5 Å². The topological polar surface area (TPSA) is 80.6 Å². The first kappa shape index (κ1) is 11.9. The molecule has 1 unspecified atom stereocenters. The summed E-state index contributed by atoms with van der Waals surface area (Å²) < 4.78 is 11.2. The molecule has 0 radical (unpaired) electrons. The van der Waals surface area contributed by atoms with E-state index in [2.05, 4.69) is 0 Å². The largest absolute Gasteiger partial charge is 0.775 e. The van der Waals surface area contributed by atoms with E-state index in [1.54, 1.807) is 24.3 Å². The molecule has 0 aliphatic carbocycles. The fourth-order valence-electron chi connectivity index (χ4n) is 1.65. The molecule has 4 nitrogen and oxygen atoms in total. The molecule has 1 atom stereocenters. The van der Waals surface area contributed by atoms with E-state index in [4.69, 9.17) is 4.89 Å². The van der Waals surface area contributed by atoms with Crippen LogP contribution >= 0.6 is 7.60 Å². The molecule has 5 heteroatoms. The van der Waals surface area contributed by atoms with Crippen LogP contribution in [0.4, 0.5) is 0 Å². The van der Waals surface area contributed by atoms with Crippen molar-refractivity contribution in [1.82, 2.24) is 0 Å². The number of hydrogen-bond acceptors (Lipinski definition) is 3. The van der Waals surface area contributed by atoms with E-state index < -0.39 is 7.60 Å². The molecule has 0 heterocycles. The summed E-state index contributed by atoms with van der Waals surface area (Å²) in [6, 6.07) is 12.3. The van der Waals surface area contributed by atoms with Gasteiger partial charge in [-0.25, -0.2) is 0 Å². The van der Waals surface area contributed by atoms with Crippen LogP contribution in [0.2, 0.25) is 0 Å². The highest BCUT2D eigenvalue weighted by molar-refractivity contribution is 7.59. The van der Waals surface area contributed by atoms with Crippen molar-refractivity contribution in [2.75, 3.05) is 0 Å². The molecule has 17 heavy (non-hydrogen) atoms. The maximum absolute atomic E-state index is 11.2. The fraction of sp³-hybridized carbons (Fsp3) is 0. The molecule has 0 amide bonds. The minimum atomic E-state index is -4.60. The molecular formula is C12H10O4P-. The number of phenols is 1. The second-order valence-electron chi connectivity index (χ2n) is 3.55. The smallest absolute Gasteiger partial charge is 0.163 e. The van der Waals surface area contributed by atoms with Gasteiger partial charge in [0.2, 0.25) is 0 Å². The standard InChI is InChI=1S/C12H11O4P/c13-11-7-3-1-5-9(11)10-6-2-4-8-12(10)17(14,15)16/h1-8,13H,(H2,14,15,16)/p-1. The summed E-state index contributed by atoms with van der Waals surface area (Å²) in [5.74, 6) is -0.0339. The summed E-state index contributed by atoms with van der Waals surface area (Å²) in [5, 5.41) is 9.49. The first-order valence-electron chi connectivity index (χ1n) is 4.92. The van der Waals surface area contributed by atoms with E-state index in [9.17, 15) is 14.6 Å². The molecule has 0 bridgehead atoms. The lowest BCUT2D eigenvalue weighted by Gasteiger charge is -2.20. The molecule has 0 saturated carbocycles. The van der Waals surface area contributed by atoms with Gasteiger partial charge in [0, 0.05) is 10.9 Å². The molecular weight excluding hydrogens is 239 g/mol. The number of hydrogen-bond donors (Lipinski definition) is 2. The Balaban J connectivity index is 2.69. The van der Waals surface area contributed by atoms with Gasteiger partial charge in [-0.1, -0.05) is 36.4 Å². The van der Waals surface area contributed by atoms with Gasteiger partial charge in [0.05, 0.1) is 0 Å². The van der Waals surface area contributed by atoms with Gasteiger partial charge in [-0.15, -0.1) is 0 Å². The molecule has 2 aromatic carbocycles. The van der Waals surface area contributed by atoms with Gasteiger partial charge in [0.15, 0.2) is 7.60 Å². The summed E-state index contributed by atoms with van der Waals surface area (Å²) in [5.41, 5.74) is 0.652. The maximum Gasteiger partial charge on any atom is 0.163 e. The molecule has 0 spiro atoms. The Kier molecular flexibility index (Phi) is 3.03. The molecule has 0 aromatic heterocycles. The van der Waals surface area contributed by atoms with Crippen LogP contribution in [0.25, 0.3) is 11.1 Å². The predicted octanol–water partition coefficient (Wildman–Crippen LogP) is 1.23. The van der Waals surface area contributed by atoms with Crippen LogP contribution in [0.1, 0.15) is 0 Å². The van der Waals surface area contributed by atoms with Crippen LogP contribution in [0, 0.1) is 0 Å². The zero-order chi connectivity index (χ0) is 12.5. The minimum Gasteiger partial charge on any atom is -0.775 e. The van der Waals surface area contributed by atoms with Crippen molar-refractivity contribution in [2.45, 2.75) is 0 Å². The summed E-state index contributed by atoms with van der Waals surface area (Å²) in [6.07, 6.45) is 0. The maximum atomic E-state index is 11.2. The van der Waals surface area contributed by atoms with Gasteiger partial charge >= 0.3 is 0 Å². The third kappa shape index (κ3) is 2.39. The fourth-order valence-corrected chi connectivity index (χ4v) is 2.42. The zero-order valence-corrected chi connectivity index (χ0v) is 9.67. The number of benzene rings is 2. The quantitative estimate of drug-likeness (QED) is 0.784. The summed E-state index contributed by atoms with van der Waals surface area (Å²) in [7, 11) is -4.60. The van der Waals surface area contributed by atoms with Gasteiger partial charge in [0.1, 0.15) is 5.75 Å². The Labute approximate surface area is 98.3 Å². The van der Waals surface area contributed by atoms with Gasteiger partial charge in [-0.3, -0.25) is 0 Å². The van der Waals surface area contributed by atoms with Gasteiger partial charge in [0.25, 0.3) is 0 Å². The Morgan fingerprint density at radius 2 is 1.47 bits per heavy atom. The van der Waals surface area contributed by atoms with Crippen molar-refractivity contribution in [2.24, 2.45) is 0 Å². The van der Waals surface area contributed by atoms with E-state index in [1.807, 2.05) is 0 Å². The first-order chi connectivity index (χ1) is 8.00. The van der Waals surface area contributed by atoms with E-state index >= 15 is 0 Å². The average molecular weight is 249 g/mol. The monoisotopic (exact) mass is 249 g/mol. The Morgan fingerprint density at radius 1 is 0.941 bits per heavy atom. The van der Waals surface area contributed by atoms with Crippen LogP contribution in [-0.2, 0) is 4.57 Å².